The van der Waals surface area contributed by atoms with Crippen LogP contribution in [0.1, 0.15) is 31.7 Å². The van der Waals surface area contributed by atoms with Crippen LogP contribution in [0.2, 0.25) is 0 Å². The smallest absolute Gasteiger partial charge is 0.294 e. The number of hydrogen-bond donors (Lipinski definition) is 1. The largest absolute Gasteiger partial charge is 0.454 e. The van der Waals surface area contributed by atoms with Crippen molar-refractivity contribution in [2.75, 3.05) is 13.4 Å². The lowest BCUT2D eigenvalue weighted by atomic mass is 10.1. The molecule has 0 bridgehead atoms. The Morgan fingerprint density at radius 3 is 2.96 bits per heavy atom. The number of carbonyl (C=O) groups is 1. The molecule has 1 N–H and O–H groups in total. The summed E-state index contributed by atoms with van der Waals surface area (Å²) in [4.78, 5) is 26.0. The van der Waals surface area contributed by atoms with E-state index in [9.17, 15) is 14.9 Å². The Labute approximate surface area is 133 Å². The fraction of sp³-hybridized carbons (Fsp3) is 0.533. The maximum absolute atomic E-state index is 11.8. The van der Waals surface area contributed by atoms with Gasteiger partial charge in [0.25, 0.3) is 5.09 Å². The van der Waals surface area contributed by atoms with Gasteiger partial charge in [-0.25, -0.2) is 0 Å². The Bertz CT molecular complexity index is 563. The summed E-state index contributed by atoms with van der Waals surface area (Å²) in [6, 6.07) is 5.71. The van der Waals surface area contributed by atoms with E-state index in [2.05, 4.69) is 10.2 Å². The Balaban J connectivity index is 1.66. The van der Waals surface area contributed by atoms with Crippen molar-refractivity contribution in [3.05, 3.63) is 33.9 Å². The monoisotopic (exact) mass is 324 g/mol. The van der Waals surface area contributed by atoms with E-state index >= 15 is 0 Å². The summed E-state index contributed by atoms with van der Waals surface area (Å²) in [5.74, 6) is 1.40. The molecule has 1 atom stereocenters. The molecule has 0 saturated heterocycles. The van der Waals surface area contributed by atoms with Gasteiger partial charge in [-0.2, -0.15) is 0 Å². The van der Waals surface area contributed by atoms with Gasteiger partial charge in [0.1, 0.15) is 0 Å². The SMILES string of the molecule is CC(Cc1ccc2c(c1)OCO2)NC(=O)CCCCO[N+](=O)[O-]. The molecule has 1 amide bonds. The molecule has 8 nitrogen and oxygen atoms in total. The Morgan fingerprint density at radius 1 is 1.39 bits per heavy atom. The van der Waals surface area contributed by atoms with Gasteiger partial charge in [-0.1, -0.05) is 6.07 Å². The van der Waals surface area contributed by atoms with Gasteiger partial charge >= 0.3 is 0 Å². The highest BCUT2D eigenvalue weighted by Crippen LogP contribution is 2.32. The van der Waals surface area contributed by atoms with E-state index in [1.165, 1.54) is 0 Å². The molecule has 0 spiro atoms. The van der Waals surface area contributed by atoms with E-state index in [1.54, 1.807) is 0 Å². The molecular weight excluding hydrogens is 304 g/mol. The van der Waals surface area contributed by atoms with Crippen LogP contribution < -0.4 is 14.8 Å². The van der Waals surface area contributed by atoms with Gasteiger partial charge in [-0.3, -0.25) is 4.79 Å². The van der Waals surface area contributed by atoms with Crippen molar-refractivity contribution in [3.8, 4) is 11.5 Å². The van der Waals surface area contributed by atoms with Gasteiger partial charge in [0, 0.05) is 12.5 Å². The zero-order valence-corrected chi connectivity index (χ0v) is 12.9. The second-order valence-electron chi connectivity index (χ2n) is 5.37. The van der Waals surface area contributed by atoms with Crippen LogP contribution in [0.3, 0.4) is 0 Å². The molecule has 0 saturated carbocycles. The molecule has 1 aliphatic rings. The van der Waals surface area contributed by atoms with Crippen LogP contribution in [-0.2, 0) is 16.1 Å². The summed E-state index contributed by atoms with van der Waals surface area (Å²) in [7, 11) is 0. The van der Waals surface area contributed by atoms with Gasteiger partial charge in [0.05, 0.1) is 6.61 Å². The number of fused-ring (bicyclic) bond motifs is 1. The van der Waals surface area contributed by atoms with E-state index in [1.807, 2.05) is 25.1 Å². The Morgan fingerprint density at radius 2 is 2.17 bits per heavy atom. The molecule has 0 aromatic heterocycles. The molecule has 0 aliphatic carbocycles. The summed E-state index contributed by atoms with van der Waals surface area (Å²) in [6.07, 6.45) is 2.04. The third kappa shape index (κ3) is 5.65. The minimum Gasteiger partial charge on any atom is -0.454 e. The minimum absolute atomic E-state index is 0.0158. The van der Waals surface area contributed by atoms with Crippen molar-refractivity contribution in [3.63, 3.8) is 0 Å². The normalized spacial score (nSPS) is 13.4. The predicted octanol–water partition coefficient (Wildman–Crippen LogP) is 1.84. The highest BCUT2D eigenvalue weighted by Gasteiger charge is 2.15. The molecule has 1 heterocycles. The molecule has 0 radical (unpaired) electrons. The van der Waals surface area contributed by atoms with Crippen molar-refractivity contribution >= 4 is 5.91 Å². The van der Waals surface area contributed by atoms with E-state index in [4.69, 9.17) is 9.47 Å². The van der Waals surface area contributed by atoms with Crippen molar-refractivity contribution in [2.24, 2.45) is 0 Å². The summed E-state index contributed by atoms with van der Waals surface area (Å²) < 4.78 is 10.6. The van der Waals surface area contributed by atoms with Crippen LogP contribution in [0.25, 0.3) is 0 Å². The van der Waals surface area contributed by atoms with Crippen molar-refractivity contribution < 1.29 is 24.2 Å². The van der Waals surface area contributed by atoms with E-state index in [0.29, 0.717) is 25.7 Å². The standard InChI is InChI=1S/C15H20N2O6/c1-11(16-15(18)4-2-3-7-23-17(19)20)8-12-5-6-13-14(9-12)22-10-21-13/h5-6,9,11H,2-4,7-8,10H2,1H3,(H,16,18). The number of amides is 1. The Hall–Kier alpha value is -2.51. The molecule has 1 aliphatic heterocycles. The lowest BCUT2D eigenvalue weighted by Crippen LogP contribution is -2.33. The lowest BCUT2D eigenvalue weighted by molar-refractivity contribution is -0.757. The zero-order chi connectivity index (χ0) is 16.7. The quantitative estimate of drug-likeness (QED) is 0.423. The third-order valence-electron chi connectivity index (χ3n) is 3.38. The molecule has 1 aromatic carbocycles. The fourth-order valence-electron chi connectivity index (χ4n) is 2.35. The molecular formula is C15H20N2O6. The first-order chi connectivity index (χ1) is 11.0. The molecule has 1 aromatic rings. The first kappa shape index (κ1) is 16.9. The number of benzene rings is 1. The van der Waals surface area contributed by atoms with Crippen molar-refractivity contribution in [2.45, 2.75) is 38.6 Å². The lowest BCUT2D eigenvalue weighted by Gasteiger charge is -2.14. The van der Waals surface area contributed by atoms with Crippen LogP contribution in [0.4, 0.5) is 0 Å². The van der Waals surface area contributed by atoms with Crippen molar-refractivity contribution in [1.82, 2.24) is 5.32 Å². The average molecular weight is 324 g/mol. The van der Waals surface area contributed by atoms with Gasteiger partial charge < -0.3 is 19.6 Å². The molecule has 1 unspecified atom stereocenters. The maximum Gasteiger partial charge on any atom is 0.294 e. The number of rotatable bonds is 9. The predicted molar refractivity (Wildman–Crippen MR) is 80.7 cm³/mol. The van der Waals surface area contributed by atoms with Crippen LogP contribution >= 0.6 is 0 Å². The van der Waals surface area contributed by atoms with Gasteiger partial charge in [0.2, 0.25) is 12.7 Å². The van der Waals surface area contributed by atoms with Crippen LogP contribution in [0.5, 0.6) is 11.5 Å². The highest BCUT2D eigenvalue weighted by molar-refractivity contribution is 5.76. The number of ether oxygens (including phenoxy) is 2. The minimum atomic E-state index is -0.826. The summed E-state index contributed by atoms with van der Waals surface area (Å²) in [5, 5.41) is 12.1. The number of nitrogens with one attached hydrogen (secondary N) is 1. The first-order valence-electron chi connectivity index (χ1n) is 7.50. The molecule has 0 fully saturated rings. The topological polar surface area (TPSA) is 99.9 Å². The second kappa shape index (κ2) is 8.21. The first-order valence-corrected chi connectivity index (χ1v) is 7.50. The number of carbonyl (C=O) groups excluding carboxylic acids is 1. The number of nitrogens with zero attached hydrogens (tertiary/aromatic N) is 1. The summed E-state index contributed by atoms with van der Waals surface area (Å²) in [5.41, 5.74) is 1.06. The second-order valence-corrected chi connectivity index (χ2v) is 5.37. The molecule has 8 heteroatoms. The number of unbranched alkanes of at least 4 members (excludes halogenated alkanes) is 1. The molecule has 2 rings (SSSR count). The molecule has 23 heavy (non-hydrogen) atoms. The third-order valence-corrected chi connectivity index (χ3v) is 3.38. The van der Waals surface area contributed by atoms with E-state index < -0.39 is 5.09 Å². The number of hydrogen-bond acceptors (Lipinski definition) is 6. The summed E-state index contributed by atoms with van der Waals surface area (Å²) in [6.45, 7) is 2.19. The van der Waals surface area contributed by atoms with E-state index in [0.717, 1.165) is 17.1 Å². The highest BCUT2D eigenvalue weighted by atomic mass is 16.9. The van der Waals surface area contributed by atoms with Crippen molar-refractivity contribution in [1.29, 1.82) is 0 Å². The molecule has 126 valence electrons. The maximum atomic E-state index is 11.8. The average Bonchev–Trinajstić information content (AvgIpc) is 2.93. The fourth-order valence-corrected chi connectivity index (χ4v) is 2.35. The van der Waals surface area contributed by atoms with Crippen LogP contribution in [0.15, 0.2) is 18.2 Å². The zero-order valence-electron chi connectivity index (χ0n) is 12.9. The Kier molecular flexibility index (Phi) is 6.02. The van der Waals surface area contributed by atoms with Crippen LogP contribution in [0, 0.1) is 10.1 Å². The van der Waals surface area contributed by atoms with E-state index in [-0.39, 0.29) is 25.3 Å². The van der Waals surface area contributed by atoms with Gasteiger partial charge in [-0.15, -0.1) is 10.1 Å². The van der Waals surface area contributed by atoms with Gasteiger partial charge in [-0.05, 0) is 43.9 Å². The summed E-state index contributed by atoms with van der Waals surface area (Å²) >= 11 is 0. The van der Waals surface area contributed by atoms with Crippen LogP contribution in [-0.4, -0.2) is 30.4 Å². The van der Waals surface area contributed by atoms with Gasteiger partial charge in [0.15, 0.2) is 11.5 Å².